The second kappa shape index (κ2) is 4.22. The molecular weight excluding hydrogens is 190 g/mol. The minimum Gasteiger partial charge on any atom is -0.504 e. The molecule has 0 unspecified atom stereocenters. The Bertz CT molecular complexity index is 407. The number of phenolic OH excluding ortho intramolecular Hbond substituents is 1. The monoisotopic (exact) mass is 203 g/mol. The van der Waals surface area contributed by atoms with Crippen molar-refractivity contribution in [2.45, 2.75) is 25.7 Å². The summed E-state index contributed by atoms with van der Waals surface area (Å²) in [6.45, 7) is -0.00991. The first kappa shape index (κ1) is 9.85. The number of hydrogen-bond acceptors (Lipinski definition) is 3. The molecule has 1 aliphatic rings. The van der Waals surface area contributed by atoms with E-state index in [0.717, 1.165) is 24.8 Å². The van der Waals surface area contributed by atoms with Crippen LogP contribution in [0.25, 0.3) is 0 Å². The Balaban J connectivity index is 2.37. The van der Waals surface area contributed by atoms with Crippen LogP contribution in [0.1, 0.15) is 24.0 Å². The summed E-state index contributed by atoms with van der Waals surface area (Å²) in [6.07, 6.45) is 4.29. The first-order valence-electron chi connectivity index (χ1n) is 5.16. The van der Waals surface area contributed by atoms with Crippen molar-refractivity contribution in [3.8, 4) is 17.6 Å². The molecule has 1 aromatic rings. The van der Waals surface area contributed by atoms with E-state index in [1.165, 1.54) is 12.0 Å². The normalized spacial score (nSPS) is 14.1. The van der Waals surface area contributed by atoms with Crippen molar-refractivity contribution < 1.29 is 9.84 Å². The molecule has 15 heavy (non-hydrogen) atoms. The van der Waals surface area contributed by atoms with Gasteiger partial charge in [-0.05, 0) is 37.3 Å². The molecule has 0 fully saturated rings. The van der Waals surface area contributed by atoms with Crippen LogP contribution in [0.5, 0.6) is 11.5 Å². The highest BCUT2D eigenvalue weighted by Crippen LogP contribution is 2.36. The lowest BCUT2D eigenvalue weighted by Crippen LogP contribution is -2.06. The van der Waals surface area contributed by atoms with Crippen molar-refractivity contribution in [2.75, 3.05) is 6.61 Å². The van der Waals surface area contributed by atoms with E-state index in [0.29, 0.717) is 5.75 Å². The predicted molar refractivity (Wildman–Crippen MR) is 55.9 cm³/mol. The average molecular weight is 203 g/mol. The number of rotatable bonds is 2. The highest BCUT2D eigenvalue weighted by Gasteiger charge is 2.17. The van der Waals surface area contributed by atoms with Gasteiger partial charge >= 0.3 is 0 Å². The molecule has 2 rings (SSSR count). The average Bonchev–Trinajstić information content (AvgIpc) is 2.28. The minimum atomic E-state index is -0.00991. The molecule has 0 radical (unpaired) electrons. The van der Waals surface area contributed by atoms with Crippen molar-refractivity contribution in [3.05, 3.63) is 23.3 Å². The van der Waals surface area contributed by atoms with Gasteiger partial charge in [-0.25, -0.2) is 0 Å². The first-order chi connectivity index (χ1) is 7.33. The molecule has 0 amide bonds. The zero-order chi connectivity index (χ0) is 10.7. The third-order valence-corrected chi connectivity index (χ3v) is 2.74. The molecule has 0 aliphatic heterocycles. The number of nitrogens with zero attached hydrogens (tertiary/aromatic N) is 1. The number of aryl methyl sites for hydroxylation is 1. The summed E-state index contributed by atoms with van der Waals surface area (Å²) in [5, 5.41) is 18.1. The highest BCUT2D eigenvalue weighted by atomic mass is 16.5. The maximum Gasteiger partial charge on any atom is 0.174 e. The molecule has 3 nitrogen and oxygen atoms in total. The van der Waals surface area contributed by atoms with Gasteiger partial charge in [0.2, 0.25) is 0 Å². The summed E-state index contributed by atoms with van der Waals surface area (Å²) < 4.78 is 5.27. The van der Waals surface area contributed by atoms with E-state index in [2.05, 4.69) is 0 Å². The molecule has 78 valence electrons. The lowest BCUT2D eigenvalue weighted by molar-refractivity contribution is 0.334. The Hall–Kier alpha value is -1.69. The molecule has 1 aliphatic carbocycles. The first-order valence-corrected chi connectivity index (χ1v) is 5.16. The van der Waals surface area contributed by atoms with Crippen LogP contribution in [-0.2, 0) is 12.8 Å². The Morgan fingerprint density at radius 3 is 2.93 bits per heavy atom. The lowest BCUT2D eigenvalue weighted by atomic mass is 9.91. The summed E-state index contributed by atoms with van der Waals surface area (Å²) in [5.74, 6) is 0.652. The zero-order valence-corrected chi connectivity index (χ0v) is 8.49. The van der Waals surface area contributed by atoms with Crippen molar-refractivity contribution in [3.63, 3.8) is 0 Å². The van der Waals surface area contributed by atoms with Crippen LogP contribution in [0.2, 0.25) is 0 Å². The fraction of sp³-hybridized carbons (Fsp3) is 0.417. The number of fused-ring (bicyclic) bond motifs is 1. The van der Waals surface area contributed by atoms with Crippen LogP contribution in [0, 0.1) is 11.3 Å². The van der Waals surface area contributed by atoms with Gasteiger partial charge in [-0.2, -0.15) is 5.26 Å². The van der Waals surface area contributed by atoms with E-state index < -0.39 is 0 Å². The lowest BCUT2D eigenvalue weighted by Gasteiger charge is -2.19. The number of benzene rings is 1. The Kier molecular flexibility index (Phi) is 2.77. The van der Waals surface area contributed by atoms with Gasteiger partial charge in [0.25, 0.3) is 0 Å². The maximum absolute atomic E-state index is 9.66. The van der Waals surface area contributed by atoms with E-state index in [-0.39, 0.29) is 12.4 Å². The summed E-state index contributed by atoms with van der Waals surface area (Å²) in [5.41, 5.74) is 2.32. The van der Waals surface area contributed by atoms with E-state index >= 15 is 0 Å². The van der Waals surface area contributed by atoms with Gasteiger partial charge in [0.05, 0.1) is 0 Å². The molecule has 0 saturated carbocycles. The summed E-state index contributed by atoms with van der Waals surface area (Å²) in [4.78, 5) is 0. The number of nitriles is 1. The zero-order valence-electron chi connectivity index (χ0n) is 8.49. The van der Waals surface area contributed by atoms with Crippen LogP contribution < -0.4 is 4.74 Å². The quantitative estimate of drug-likeness (QED) is 0.801. The van der Waals surface area contributed by atoms with Crippen LogP contribution in [0.15, 0.2) is 12.1 Å². The molecule has 1 aromatic carbocycles. The molecule has 0 spiro atoms. The number of hydrogen-bond donors (Lipinski definition) is 1. The van der Waals surface area contributed by atoms with Gasteiger partial charge in [-0.15, -0.1) is 0 Å². The van der Waals surface area contributed by atoms with Crippen molar-refractivity contribution in [1.82, 2.24) is 0 Å². The summed E-state index contributed by atoms with van der Waals surface area (Å²) >= 11 is 0. The number of aromatic hydroxyl groups is 1. The maximum atomic E-state index is 9.66. The fourth-order valence-electron chi connectivity index (χ4n) is 2.05. The number of phenols is 1. The molecule has 0 heterocycles. The van der Waals surface area contributed by atoms with Crippen LogP contribution in [0.4, 0.5) is 0 Å². The molecule has 0 saturated heterocycles. The predicted octanol–water partition coefficient (Wildman–Crippen LogP) is 2.17. The van der Waals surface area contributed by atoms with E-state index in [1.807, 2.05) is 12.1 Å². The van der Waals surface area contributed by atoms with E-state index in [9.17, 15) is 5.11 Å². The molecule has 0 atom stereocenters. The third-order valence-electron chi connectivity index (χ3n) is 2.74. The molecular formula is C12H13NO2. The smallest absolute Gasteiger partial charge is 0.174 e. The number of ether oxygens (including phenoxy) is 1. The Morgan fingerprint density at radius 1 is 1.33 bits per heavy atom. The fourth-order valence-corrected chi connectivity index (χ4v) is 2.05. The Morgan fingerprint density at radius 2 is 2.13 bits per heavy atom. The summed E-state index contributed by atoms with van der Waals surface area (Å²) in [6, 6.07) is 5.51. The largest absolute Gasteiger partial charge is 0.504 e. The topological polar surface area (TPSA) is 53.2 Å². The van der Waals surface area contributed by atoms with Gasteiger partial charge in [-0.3, -0.25) is 0 Å². The summed E-state index contributed by atoms with van der Waals surface area (Å²) in [7, 11) is 0. The molecule has 0 bridgehead atoms. The standard InChI is InChI=1S/C12H13NO2/c13-7-8-15-12-10-4-2-1-3-9(10)5-6-11(12)14/h5-6,14H,1-4,8H2. The highest BCUT2D eigenvalue weighted by molar-refractivity contribution is 5.51. The van der Waals surface area contributed by atoms with Crippen LogP contribution in [0.3, 0.4) is 0 Å². The van der Waals surface area contributed by atoms with Crippen molar-refractivity contribution in [2.24, 2.45) is 0 Å². The van der Waals surface area contributed by atoms with Gasteiger partial charge in [-0.1, -0.05) is 6.07 Å². The molecule has 1 N–H and O–H groups in total. The second-order valence-corrected chi connectivity index (χ2v) is 3.71. The minimum absolute atomic E-state index is 0.00991. The van der Waals surface area contributed by atoms with E-state index in [1.54, 1.807) is 6.07 Å². The third kappa shape index (κ3) is 1.89. The van der Waals surface area contributed by atoms with Crippen molar-refractivity contribution >= 4 is 0 Å². The second-order valence-electron chi connectivity index (χ2n) is 3.71. The van der Waals surface area contributed by atoms with Gasteiger partial charge in [0, 0.05) is 5.56 Å². The van der Waals surface area contributed by atoms with Gasteiger partial charge in [0.1, 0.15) is 6.07 Å². The van der Waals surface area contributed by atoms with Gasteiger partial charge < -0.3 is 9.84 Å². The van der Waals surface area contributed by atoms with Crippen LogP contribution >= 0.6 is 0 Å². The Labute approximate surface area is 88.9 Å². The molecule has 0 aromatic heterocycles. The van der Waals surface area contributed by atoms with Gasteiger partial charge in [0.15, 0.2) is 18.1 Å². The van der Waals surface area contributed by atoms with Crippen LogP contribution in [-0.4, -0.2) is 11.7 Å². The molecule has 3 heteroatoms. The SMILES string of the molecule is N#CCOc1c(O)ccc2c1CCCC2. The van der Waals surface area contributed by atoms with Crippen molar-refractivity contribution in [1.29, 1.82) is 5.26 Å². The van der Waals surface area contributed by atoms with E-state index in [4.69, 9.17) is 10.00 Å².